The summed E-state index contributed by atoms with van der Waals surface area (Å²) in [6.45, 7) is 1.58. The Morgan fingerprint density at radius 3 is 2.57 bits per heavy atom. The number of fused-ring (bicyclic) bond motifs is 1. The average Bonchev–Trinajstić information content (AvgIpc) is 2.87. The summed E-state index contributed by atoms with van der Waals surface area (Å²) in [6.07, 6.45) is 2.65. The van der Waals surface area contributed by atoms with Crippen LogP contribution >= 0.6 is 0 Å². The van der Waals surface area contributed by atoms with Gasteiger partial charge in [0.1, 0.15) is 18.3 Å². The molecule has 0 aromatic rings. The summed E-state index contributed by atoms with van der Waals surface area (Å²) in [6, 6.07) is -1.17. The summed E-state index contributed by atoms with van der Waals surface area (Å²) in [4.78, 5) is 24.2. The number of hydrogen-bond acceptors (Lipinski definition) is 4. The third-order valence-electron chi connectivity index (χ3n) is 5.84. The van der Waals surface area contributed by atoms with Crippen LogP contribution < -0.4 is 5.32 Å². The molecule has 6 nitrogen and oxygen atoms in total. The van der Waals surface area contributed by atoms with Crippen molar-refractivity contribution in [3.8, 4) is 0 Å². The van der Waals surface area contributed by atoms with Gasteiger partial charge in [-0.15, -0.1) is 0 Å². The molecule has 7 heteroatoms. The molecular weight excluding hydrogens is 303 g/mol. The van der Waals surface area contributed by atoms with E-state index in [9.17, 15) is 24.2 Å². The third kappa shape index (κ3) is 3.66. The lowest BCUT2D eigenvalue weighted by atomic mass is 9.69. The highest BCUT2D eigenvalue weighted by molar-refractivity contribution is 5.74. The molecule has 3 rings (SSSR count). The van der Waals surface area contributed by atoms with Gasteiger partial charge in [0.15, 0.2) is 0 Å². The van der Waals surface area contributed by atoms with Crippen molar-refractivity contribution in [2.75, 3.05) is 19.6 Å². The lowest BCUT2D eigenvalue weighted by molar-refractivity contribution is -0.143. The summed E-state index contributed by atoms with van der Waals surface area (Å²) in [7, 11) is 0. The van der Waals surface area contributed by atoms with Crippen LogP contribution in [0.5, 0.6) is 0 Å². The highest BCUT2D eigenvalue weighted by Gasteiger charge is 2.41. The number of rotatable bonds is 4. The van der Waals surface area contributed by atoms with Gasteiger partial charge in [-0.05, 0) is 50.0 Å². The maximum atomic E-state index is 13.6. The van der Waals surface area contributed by atoms with Crippen molar-refractivity contribution in [1.82, 2.24) is 10.2 Å². The molecule has 130 valence electrons. The minimum Gasteiger partial charge on any atom is -0.480 e. The van der Waals surface area contributed by atoms with Gasteiger partial charge in [-0.25, -0.2) is 4.39 Å². The number of carbonyl (C=O) groups is 2. The first-order valence-electron chi connectivity index (χ1n) is 8.51. The van der Waals surface area contributed by atoms with E-state index in [0.29, 0.717) is 30.7 Å². The first-order chi connectivity index (χ1) is 10.9. The molecule has 1 saturated carbocycles. The summed E-state index contributed by atoms with van der Waals surface area (Å²) in [5.74, 6) is -0.494. The highest BCUT2D eigenvalue weighted by Crippen LogP contribution is 2.39. The standard InChI is InChI=1S/C16H25FN2O4/c17-12-5-14(16(22)23)19(8-12)7-9-1-2-10-6-18-13(15(20)21)4-11(10)3-9/h9-14,18H,1-8H2,(H,20,21)(H,22,23)/t9-,10-,11+,12-,13-,14-/m0/s1. The zero-order chi connectivity index (χ0) is 16.6. The van der Waals surface area contributed by atoms with Crippen LogP contribution in [0.4, 0.5) is 4.39 Å². The normalized spacial score (nSPS) is 41.4. The summed E-state index contributed by atoms with van der Waals surface area (Å²) in [5.41, 5.74) is 0. The summed E-state index contributed by atoms with van der Waals surface area (Å²) in [5, 5.41) is 21.5. The van der Waals surface area contributed by atoms with Crippen LogP contribution in [0.2, 0.25) is 0 Å². The van der Waals surface area contributed by atoms with Crippen molar-refractivity contribution in [1.29, 1.82) is 0 Å². The van der Waals surface area contributed by atoms with Gasteiger partial charge in [-0.3, -0.25) is 14.5 Å². The van der Waals surface area contributed by atoms with Crippen LogP contribution in [0.15, 0.2) is 0 Å². The molecule has 6 atom stereocenters. The second kappa shape index (κ2) is 6.73. The molecule has 0 aromatic heterocycles. The molecule has 0 amide bonds. The Labute approximate surface area is 135 Å². The topological polar surface area (TPSA) is 89.9 Å². The van der Waals surface area contributed by atoms with E-state index < -0.39 is 30.2 Å². The van der Waals surface area contributed by atoms with Crippen LogP contribution in [0.3, 0.4) is 0 Å². The van der Waals surface area contributed by atoms with Gasteiger partial charge in [0.2, 0.25) is 0 Å². The molecular formula is C16H25FN2O4. The molecule has 0 spiro atoms. The molecule has 0 unspecified atom stereocenters. The molecule has 2 heterocycles. The quantitative estimate of drug-likeness (QED) is 0.712. The Balaban J connectivity index is 1.57. The largest absolute Gasteiger partial charge is 0.480 e. The third-order valence-corrected chi connectivity index (χ3v) is 5.84. The lowest BCUT2D eigenvalue weighted by Gasteiger charge is -2.42. The van der Waals surface area contributed by atoms with E-state index in [1.165, 1.54) is 0 Å². The average molecular weight is 328 g/mol. The Morgan fingerprint density at radius 2 is 1.87 bits per heavy atom. The maximum Gasteiger partial charge on any atom is 0.321 e. The van der Waals surface area contributed by atoms with E-state index in [0.717, 1.165) is 25.8 Å². The van der Waals surface area contributed by atoms with E-state index in [1.807, 2.05) is 0 Å². The molecule has 0 bridgehead atoms. The van der Waals surface area contributed by atoms with Crippen LogP contribution in [-0.2, 0) is 9.59 Å². The predicted octanol–water partition coefficient (Wildman–Crippen LogP) is 0.962. The molecule has 0 radical (unpaired) electrons. The zero-order valence-electron chi connectivity index (χ0n) is 13.2. The Kier molecular flexibility index (Phi) is 4.87. The Hall–Kier alpha value is -1.21. The van der Waals surface area contributed by atoms with Crippen molar-refractivity contribution in [3.05, 3.63) is 0 Å². The number of nitrogens with one attached hydrogen (secondary N) is 1. The molecule has 3 N–H and O–H groups in total. The number of aliphatic carboxylic acids is 2. The van der Waals surface area contributed by atoms with Crippen molar-refractivity contribution < 1.29 is 24.2 Å². The summed E-state index contributed by atoms with van der Waals surface area (Å²) >= 11 is 0. The molecule has 0 aromatic carbocycles. The number of hydrogen-bond donors (Lipinski definition) is 3. The molecule has 3 fully saturated rings. The Bertz CT molecular complexity index is 475. The molecule has 2 aliphatic heterocycles. The van der Waals surface area contributed by atoms with Gasteiger partial charge >= 0.3 is 11.9 Å². The van der Waals surface area contributed by atoms with E-state index >= 15 is 0 Å². The molecule has 1 aliphatic carbocycles. The first kappa shape index (κ1) is 16.6. The highest BCUT2D eigenvalue weighted by atomic mass is 19.1. The van der Waals surface area contributed by atoms with Gasteiger partial charge in [-0.2, -0.15) is 0 Å². The fraction of sp³-hybridized carbons (Fsp3) is 0.875. The maximum absolute atomic E-state index is 13.6. The molecule has 23 heavy (non-hydrogen) atoms. The van der Waals surface area contributed by atoms with E-state index in [2.05, 4.69) is 5.32 Å². The number of carboxylic acid groups (broad SMARTS) is 2. The summed E-state index contributed by atoms with van der Waals surface area (Å²) < 4.78 is 13.6. The second-order valence-electron chi connectivity index (χ2n) is 7.37. The van der Waals surface area contributed by atoms with Crippen molar-refractivity contribution in [3.63, 3.8) is 0 Å². The first-order valence-corrected chi connectivity index (χ1v) is 8.51. The fourth-order valence-corrected chi connectivity index (χ4v) is 4.65. The number of likely N-dealkylation sites (tertiary alicyclic amines) is 1. The Morgan fingerprint density at radius 1 is 1.09 bits per heavy atom. The molecule has 3 aliphatic rings. The fourth-order valence-electron chi connectivity index (χ4n) is 4.65. The van der Waals surface area contributed by atoms with Gasteiger partial charge in [0.05, 0.1) is 0 Å². The number of piperidine rings is 1. The second-order valence-corrected chi connectivity index (χ2v) is 7.37. The van der Waals surface area contributed by atoms with Crippen molar-refractivity contribution in [2.24, 2.45) is 17.8 Å². The number of alkyl halides is 1. The van der Waals surface area contributed by atoms with Crippen LogP contribution in [-0.4, -0.2) is 64.9 Å². The van der Waals surface area contributed by atoms with Crippen LogP contribution in [0.25, 0.3) is 0 Å². The number of carboxylic acids is 2. The van der Waals surface area contributed by atoms with Crippen molar-refractivity contribution in [2.45, 2.75) is 50.4 Å². The van der Waals surface area contributed by atoms with Gasteiger partial charge in [-0.1, -0.05) is 0 Å². The predicted molar refractivity (Wildman–Crippen MR) is 80.9 cm³/mol. The smallest absolute Gasteiger partial charge is 0.321 e. The lowest BCUT2D eigenvalue weighted by Crippen LogP contribution is -2.50. The van der Waals surface area contributed by atoms with E-state index in [-0.39, 0.29) is 13.0 Å². The van der Waals surface area contributed by atoms with E-state index in [4.69, 9.17) is 0 Å². The minimum atomic E-state index is -1.05. The SMILES string of the molecule is O=C(O)[C@@H]1C[C@H]2C[C@@H](CN3C[C@@H](F)C[C@H]3C(=O)O)CC[C@H]2CN1. The number of nitrogens with zero attached hydrogens (tertiary/aromatic N) is 1. The van der Waals surface area contributed by atoms with Crippen molar-refractivity contribution >= 4 is 11.9 Å². The minimum absolute atomic E-state index is 0.0825. The van der Waals surface area contributed by atoms with Gasteiger partial charge < -0.3 is 15.5 Å². The number of halogens is 1. The molecule has 2 saturated heterocycles. The van der Waals surface area contributed by atoms with Crippen LogP contribution in [0, 0.1) is 17.8 Å². The monoisotopic (exact) mass is 328 g/mol. The van der Waals surface area contributed by atoms with E-state index in [1.54, 1.807) is 4.90 Å². The van der Waals surface area contributed by atoms with Gasteiger partial charge in [0.25, 0.3) is 0 Å². The van der Waals surface area contributed by atoms with Gasteiger partial charge in [0, 0.05) is 19.5 Å². The zero-order valence-corrected chi connectivity index (χ0v) is 13.2. The van der Waals surface area contributed by atoms with Crippen LogP contribution in [0.1, 0.15) is 32.1 Å².